The van der Waals surface area contributed by atoms with Gasteiger partial charge in [0.2, 0.25) is 0 Å². The average Bonchev–Trinajstić information content (AvgIpc) is 3.10. The van der Waals surface area contributed by atoms with Gasteiger partial charge in [-0.05, 0) is 54.4 Å². The lowest BCUT2D eigenvalue weighted by atomic mass is 9.91. The van der Waals surface area contributed by atoms with Crippen LogP contribution in [0.1, 0.15) is 47.8 Å². The number of hydrogen-bond acceptors (Lipinski definition) is 1. The van der Waals surface area contributed by atoms with Gasteiger partial charge in [0.1, 0.15) is 12.4 Å². The minimum atomic E-state index is 0.659. The summed E-state index contributed by atoms with van der Waals surface area (Å²) in [6, 6.07) is 14.7. The topological polar surface area (TPSA) is 9.23 Å². The number of rotatable bonds is 3. The van der Waals surface area contributed by atoms with Gasteiger partial charge in [-0.1, -0.05) is 46.3 Å². The summed E-state index contributed by atoms with van der Waals surface area (Å²) in [7, 11) is 0. The lowest BCUT2D eigenvalue weighted by molar-refractivity contribution is 0.301. The number of benzene rings is 2. The maximum absolute atomic E-state index is 6.12. The Bertz CT molecular complexity index is 635. The minimum Gasteiger partial charge on any atom is -0.489 e. The van der Waals surface area contributed by atoms with E-state index >= 15 is 0 Å². The zero-order valence-corrected chi connectivity index (χ0v) is 12.9. The summed E-state index contributed by atoms with van der Waals surface area (Å²) in [4.78, 5) is 0. The molecule has 0 saturated heterocycles. The first kappa shape index (κ1) is 12.5. The highest BCUT2D eigenvalue weighted by Gasteiger charge is 2.40. The smallest absolute Gasteiger partial charge is 0.123 e. The molecule has 2 bridgehead atoms. The van der Waals surface area contributed by atoms with Crippen molar-refractivity contribution in [2.24, 2.45) is 0 Å². The summed E-state index contributed by atoms with van der Waals surface area (Å²) in [5.41, 5.74) is 4.23. The van der Waals surface area contributed by atoms with E-state index in [2.05, 4.69) is 52.3 Å². The predicted octanol–water partition coefficient (Wildman–Crippen LogP) is 5.39. The number of halogens is 1. The van der Waals surface area contributed by atoms with E-state index < -0.39 is 0 Å². The van der Waals surface area contributed by atoms with Crippen LogP contribution in [0.5, 0.6) is 5.75 Å². The Hall–Kier alpha value is -1.28. The van der Waals surface area contributed by atoms with E-state index in [1.165, 1.54) is 40.4 Å². The zero-order chi connectivity index (χ0) is 13.5. The van der Waals surface area contributed by atoms with Gasteiger partial charge in [-0.15, -0.1) is 0 Å². The van der Waals surface area contributed by atoms with E-state index in [9.17, 15) is 0 Å². The summed E-state index contributed by atoms with van der Waals surface area (Å²) in [5, 5.41) is 0. The minimum absolute atomic E-state index is 0.659. The molecular weight excluding hydrogens is 312 g/mol. The monoisotopic (exact) mass is 328 g/mol. The number of fused-ring (bicyclic) bond motifs is 5. The van der Waals surface area contributed by atoms with Crippen molar-refractivity contribution in [3.05, 3.63) is 63.6 Å². The van der Waals surface area contributed by atoms with Gasteiger partial charge in [0.15, 0.2) is 0 Å². The van der Waals surface area contributed by atoms with Crippen molar-refractivity contribution < 1.29 is 4.74 Å². The molecular formula is C18H17BrO. The molecule has 102 valence electrons. The largest absolute Gasteiger partial charge is 0.489 e. The van der Waals surface area contributed by atoms with Crippen molar-refractivity contribution in [3.63, 3.8) is 0 Å². The Balaban J connectivity index is 1.64. The van der Waals surface area contributed by atoms with Gasteiger partial charge in [0.25, 0.3) is 0 Å². The highest BCUT2D eigenvalue weighted by molar-refractivity contribution is 9.10. The van der Waals surface area contributed by atoms with E-state index in [-0.39, 0.29) is 0 Å². The standard InChI is InChI=1S/C18H17BrO/c19-15-8-9-16(20-11-12-4-2-1-3-5-12)18-14-7-6-13(10-14)17(15)18/h1-5,8-9,13-14H,6-7,10-11H2/t13-,14-/m0/s1. The Morgan fingerprint density at radius 3 is 2.50 bits per heavy atom. The van der Waals surface area contributed by atoms with Crippen LogP contribution in [0.25, 0.3) is 0 Å². The Kier molecular flexibility index (Phi) is 3.07. The van der Waals surface area contributed by atoms with Crippen LogP contribution in [0, 0.1) is 0 Å². The van der Waals surface area contributed by atoms with Crippen molar-refractivity contribution in [1.82, 2.24) is 0 Å². The van der Waals surface area contributed by atoms with Crippen LogP contribution in [-0.4, -0.2) is 0 Å². The van der Waals surface area contributed by atoms with Gasteiger partial charge in [-0.3, -0.25) is 0 Å². The molecule has 1 fully saturated rings. The van der Waals surface area contributed by atoms with Gasteiger partial charge < -0.3 is 4.74 Å². The van der Waals surface area contributed by atoms with E-state index in [1.54, 1.807) is 0 Å². The third-order valence-electron chi connectivity index (χ3n) is 4.68. The molecule has 2 aliphatic carbocycles. The Morgan fingerprint density at radius 1 is 0.950 bits per heavy atom. The maximum Gasteiger partial charge on any atom is 0.123 e. The fourth-order valence-corrected chi connectivity index (χ4v) is 4.46. The molecule has 0 spiro atoms. The van der Waals surface area contributed by atoms with E-state index in [0.29, 0.717) is 6.61 Å². The summed E-state index contributed by atoms with van der Waals surface area (Å²) in [5.74, 6) is 2.57. The van der Waals surface area contributed by atoms with Crippen molar-refractivity contribution in [2.45, 2.75) is 37.7 Å². The summed E-state index contributed by atoms with van der Waals surface area (Å²) in [6.07, 6.45) is 3.99. The zero-order valence-electron chi connectivity index (χ0n) is 11.3. The third kappa shape index (κ3) is 1.98. The van der Waals surface area contributed by atoms with Crippen LogP contribution in [0.2, 0.25) is 0 Å². The highest BCUT2D eigenvalue weighted by Crippen LogP contribution is 2.57. The molecule has 2 aliphatic rings. The van der Waals surface area contributed by atoms with Crippen LogP contribution in [0.4, 0.5) is 0 Å². The quantitative estimate of drug-likeness (QED) is 0.733. The lowest BCUT2D eigenvalue weighted by Gasteiger charge is -2.20. The Labute approximate surface area is 128 Å². The van der Waals surface area contributed by atoms with E-state index in [0.717, 1.165) is 17.6 Å². The van der Waals surface area contributed by atoms with Crippen LogP contribution >= 0.6 is 15.9 Å². The van der Waals surface area contributed by atoms with Crippen molar-refractivity contribution in [3.8, 4) is 5.75 Å². The van der Waals surface area contributed by atoms with Gasteiger partial charge in [-0.2, -0.15) is 0 Å². The summed E-state index contributed by atoms with van der Waals surface area (Å²) in [6.45, 7) is 0.659. The second-order valence-electron chi connectivity index (χ2n) is 5.85. The van der Waals surface area contributed by atoms with Gasteiger partial charge in [-0.25, -0.2) is 0 Å². The average molecular weight is 329 g/mol. The number of ether oxygens (including phenoxy) is 1. The molecule has 0 aliphatic heterocycles. The maximum atomic E-state index is 6.12. The van der Waals surface area contributed by atoms with Crippen molar-refractivity contribution in [2.75, 3.05) is 0 Å². The first-order chi connectivity index (χ1) is 9.83. The lowest BCUT2D eigenvalue weighted by Crippen LogP contribution is -2.04. The summed E-state index contributed by atoms with van der Waals surface area (Å²) >= 11 is 3.72. The molecule has 20 heavy (non-hydrogen) atoms. The molecule has 0 N–H and O–H groups in total. The molecule has 0 amide bonds. The van der Waals surface area contributed by atoms with Crippen LogP contribution in [0.3, 0.4) is 0 Å². The normalized spacial score (nSPS) is 22.9. The molecule has 4 rings (SSSR count). The highest BCUT2D eigenvalue weighted by atomic mass is 79.9. The molecule has 0 heterocycles. The molecule has 1 saturated carbocycles. The molecule has 0 unspecified atom stereocenters. The van der Waals surface area contributed by atoms with Crippen molar-refractivity contribution >= 4 is 15.9 Å². The number of hydrogen-bond donors (Lipinski definition) is 0. The first-order valence-corrected chi connectivity index (χ1v) is 8.11. The van der Waals surface area contributed by atoms with Crippen molar-refractivity contribution in [1.29, 1.82) is 0 Å². The molecule has 1 nitrogen and oxygen atoms in total. The van der Waals surface area contributed by atoms with Crippen LogP contribution < -0.4 is 4.74 Å². The molecule has 2 atom stereocenters. The fraction of sp³-hybridized carbons (Fsp3) is 0.333. The molecule has 0 aromatic heterocycles. The SMILES string of the molecule is Brc1ccc(OCc2ccccc2)c2c1[C@H]1CC[C@H]2C1. The van der Waals surface area contributed by atoms with Gasteiger partial charge in [0, 0.05) is 10.0 Å². The van der Waals surface area contributed by atoms with Crippen LogP contribution in [0.15, 0.2) is 46.9 Å². The molecule has 2 heteroatoms. The summed E-state index contributed by atoms with van der Waals surface area (Å²) < 4.78 is 7.39. The third-order valence-corrected chi connectivity index (χ3v) is 5.37. The fourth-order valence-electron chi connectivity index (χ4n) is 3.79. The predicted molar refractivity (Wildman–Crippen MR) is 84.2 cm³/mol. The van der Waals surface area contributed by atoms with E-state index in [4.69, 9.17) is 4.74 Å². The first-order valence-electron chi connectivity index (χ1n) is 7.32. The van der Waals surface area contributed by atoms with Gasteiger partial charge in [0.05, 0.1) is 0 Å². The molecule has 2 aromatic carbocycles. The molecule has 0 radical (unpaired) electrons. The van der Waals surface area contributed by atoms with Crippen LogP contribution in [-0.2, 0) is 6.61 Å². The Morgan fingerprint density at radius 2 is 1.70 bits per heavy atom. The van der Waals surface area contributed by atoms with E-state index in [1.807, 2.05) is 6.07 Å². The second kappa shape index (κ2) is 4.92. The molecule has 2 aromatic rings. The van der Waals surface area contributed by atoms with Gasteiger partial charge >= 0.3 is 0 Å². The second-order valence-corrected chi connectivity index (χ2v) is 6.71.